The van der Waals surface area contributed by atoms with Crippen LogP contribution < -0.4 is 126 Å². The summed E-state index contributed by atoms with van der Waals surface area (Å²) >= 11 is 0. The Morgan fingerprint density at radius 3 is 0.846 bits per heavy atom. The van der Waals surface area contributed by atoms with Gasteiger partial charge in [-0.25, -0.2) is 0 Å². The van der Waals surface area contributed by atoms with Gasteiger partial charge in [-0.3, -0.25) is 21.4 Å². The molecule has 0 aromatic carbocycles. The van der Waals surface area contributed by atoms with Crippen molar-refractivity contribution >= 4 is 89.4 Å². The van der Waals surface area contributed by atoms with Crippen molar-refractivity contribution in [3.8, 4) is 0 Å². The molecule has 0 aliphatic heterocycles. The van der Waals surface area contributed by atoms with Crippen LogP contribution in [0.3, 0.4) is 0 Å². The number of hydrogen-bond acceptors (Lipinski definition) is 13. The number of quaternary nitrogens is 1. The van der Waals surface area contributed by atoms with Crippen LogP contribution in [0.2, 0.25) is 0 Å². The minimum Gasteiger partial charge on any atom is -1.00 e. The van der Waals surface area contributed by atoms with Gasteiger partial charge in [0, 0.05) is 37.9 Å². The molecular weight excluding hydrogens is 596 g/mol. The van der Waals surface area contributed by atoms with Gasteiger partial charge in [0.2, 0.25) is 0 Å². The molecule has 0 bridgehead atoms. The number of rotatable bonds is 0. The van der Waals surface area contributed by atoms with Gasteiger partial charge in [0.25, 0.3) is 7.82 Å². The van der Waals surface area contributed by atoms with E-state index in [0.717, 1.165) is 0 Å². The molecule has 0 unspecified atom stereocenters. The Kier molecular flexibility index (Phi) is 100. The summed E-state index contributed by atoms with van der Waals surface area (Å²) < 4.78 is 76.9. The van der Waals surface area contributed by atoms with Crippen molar-refractivity contribution < 1.29 is 192 Å². The van der Waals surface area contributed by atoms with Crippen molar-refractivity contribution in [2.75, 3.05) is 0 Å². The van der Waals surface area contributed by atoms with Crippen molar-refractivity contribution in [1.82, 2.24) is 6.15 Å². The first-order valence-corrected chi connectivity index (χ1v) is 6.84. The summed E-state index contributed by atoms with van der Waals surface area (Å²) in [6.45, 7) is 0. The molecule has 6 N–H and O–H groups in total. The van der Waals surface area contributed by atoms with Crippen molar-refractivity contribution in [2.45, 2.75) is 0 Å². The molecule has 0 atom stereocenters. The summed E-state index contributed by atoms with van der Waals surface area (Å²) in [5.74, 6) is 0. The van der Waals surface area contributed by atoms with E-state index < -0.39 is 33.7 Å². The van der Waals surface area contributed by atoms with E-state index in [1.165, 1.54) is 0 Å². The van der Waals surface area contributed by atoms with Gasteiger partial charge in [0.15, 0.2) is 0 Å². The summed E-state index contributed by atoms with van der Waals surface area (Å²) in [4.78, 5) is 31.2. The van der Waals surface area contributed by atoms with Gasteiger partial charge in [0.1, 0.15) is 0 Å². The van der Waals surface area contributed by atoms with E-state index in [0.29, 0.717) is 0 Å². The van der Waals surface area contributed by atoms with Crippen LogP contribution in [0.5, 0.6) is 0 Å². The van der Waals surface area contributed by atoms with Gasteiger partial charge in [-0.2, -0.15) is 0 Å². The molecule has 0 aromatic heterocycles. The molecule has 0 spiro atoms. The Morgan fingerprint density at radius 2 is 0.846 bits per heavy atom. The summed E-state index contributed by atoms with van der Waals surface area (Å²) in [5, 5.41) is 14.8. The molecule has 0 fully saturated rings. The summed E-state index contributed by atoms with van der Waals surface area (Å²) in [6, 6.07) is 0. The molecule has 0 saturated carbocycles. The first kappa shape index (κ1) is 69.7. The van der Waals surface area contributed by atoms with Gasteiger partial charge in [-0.15, -0.1) is 0 Å². The quantitative estimate of drug-likeness (QED) is 0.0578. The SMILES string of the molecule is O=P([O-])(O)O.O=S(=O)([O-])[O-].O=S(=O)([O-])[O-].O=[N+]([O-])[O-].[Ca+2].[Cl-].[K+].[K+].[Mg+2].[Mn].[NH4+]. The molecule has 26 heavy (non-hydrogen) atoms. The predicted octanol–water partition coefficient (Wildman–Crippen LogP) is -13.9. The maximum Gasteiger partial charge on any atom is 2.00 e. The Labute approximate surface area is 295 Å². The number of nitrogens with zero attached hydrogens (tertiary/aromatic N) is 1. The van der Waals surface area contributed by atoms with E-state index in [4.69, 9.17) is 69.6 Å². The number of halogens is 1. The molecule has 17 nitrogen and oxygen atoms in total. The fourth-order valence-electron chi connectivity index (χ4n) is 0. The summed E-state index contributed by atoms with van der Waals surface area (Å²) in [6.07, 6.45) is 0. The predicted molar refractivity (Wildman–Crippen MR) is 60.8 cm³/mol. The Morgan fingerprint density at radius 1 is 0.846 bits per heavy atom. The Balaban J connectivity index is -0.0000000118. The van der Waals surface area contributed by atoms with Crippen LogP contribution in [-0.2, 0) is 42.4 Å². The van der Waals surface area contributed by atoms with E-state index in [2.05, 4.69) is 0 Å². The molecule has 1 radical (unpaired) electrons. The van der Waals surface area contributed by atoms with E-state index in [1.807, 2.05) is 0 Å². The second-order valence-electron chi connectivity index (χ2n) is 1.53. The first-order valence-electron chi connectivity index (χ1n) is 2.65. The van der Waals surface area contributed by atoms with E-state index in [1.54, 1.807) is 0 Å². The molecule has 0 aromatic rings. The van der Waals surface area contributed by atoms with Crippen molar-refractivity contribution in [1.29, 1.82) is 0 Å². The third-order valence-corrected chi connectivity index (χ3v) is 0. The molecule has 0 saturated heterocycles. The van der Waals surface area contributed by atoms with Crippen molar-refractivity contribution in [3.05, 3.63) is 15.3 Å². The summed E-state index contributed by atoms with van der Waals surface area (Å²) in [5.41, 5.74) is 0. The third kappa shape index (κ3) is 879. The molecular formula is H6CaClK2MgMnN2O15PS2. The van der Waals surface area contributed by atoms with E-state index in [-0.39, 0.29) is 199 Å². The largest absolute Gasteiger partial charge is 2.00 e. The second-order valence-corrected chi connectivity index (χ2v) is 4.14. The smallest absolute Gasteiger partial charge is 1.00 e. The van der Waals surface area contributed by atoms with Crippen LogP contribution >= 0.6 is 7.82 Å². The normalized spacial score (nSPS) is 7.65. The van der Waals surface area contributed by atoms with Gasteiger partial charge in [-0.05, 0) is 0 Å². The third-order valence-electron chi connectivity index (χ3n) is 0. The minimum absolute atomic E-state index is 0. The molecule has 0 heterocycles. The maximum absolute atomic E-state index is 8.77. The standard InChI is InChI=1S/Ca.ClH.2K.Mg.Mn.NO3.H3N.H3O4P.2H2O4S/c;;;;;;2-1(3)4;;3*1-5(2,3)4/h;1H;;;;;;1H3;(H3,1,2,3,4);2*(H2,1,2,3,4)/q+2;;2*+1;+2;;-1;;;;/p-5. The maximum atomic E-state index is 8.77. The topological polar surface area (TPSA) is 344 Å². The second kappa shape index (κ2) is 37.4. The fourth-order valence-corrected chi connectivity index (χ4v) is 0. The molecule has 0 amide bonds. The monoisotopic (exact) mass is 601 g/mol. The first-order chi connectivity index (χ1) is 7.73. The van der Waals surface area contributed by atoms with Gasteiger partial charge in [0.05, 0.1) is 5.09 Å². The fraction of sp³-hybridized carbons (Fsp3) is 0. The average molecular weight is 602 g/mol. The Bertz CT molecular complexity index is 440. The van der Waals surface area contributed by atoms with Crippen LogP contribution in [0, 0.1) is 15.3 Å². The molecule has 0 rings (SSSR count). The van der Waals surface area contributed by atoms with Gasteiger partial charge >= 0.3 is 164 Å². The van der Waals surface area contributed by atoms with Crippen LogP contribution in [0.25, 0.3) is 0 Å². The van der Waals surface area contributed by atoms with Crippen molar-refractivity contribution in [2.24, 2.45) is 0 Å². The van der Waals surface area contributed by atoms with Gasteiger partial charge in [-0.1, -0.05) is 0 Å². The molecule has 0 aliphatic carbocycles. The van der Waals surface area contributed by atoms with Crippen molar-refractivity contribution in [3.63, 3.8) is 0 Å². The van der Waals surface area contributed by atoms with Gasteiger partial charge < -0.3 is 66.8 Å². The molecule has 0 aliphatic rings. The minimum atomic E-state index is -5.17. The summed E-state index contributed by atoms with van der Waals surface area (Å²) in [7, 11) is -15.2. The zero-order valence-corrected chi connectivity index (χ0v) is 27.4. The van der Waals surface area contributed by atoms with Crippen LogP contribution in [0.1, 0.15) is 0 Å². The molecule has 26 heteroatoms. The number of hydrogen-bond donors (Lipinski definition) is 3. The zero-order chi connectivity index (χ0) is 17.1. The molecule has 143 valence electrons. The van der Waals surface area contributed by atoms with Crippen LogP contribution in [-0.4, -0.2) is 111 Å². The average Bonchev–Trinajstić information content (AvgIpc) is 1.66. The Hall–Kier alpha value is 5.12. The van der Waals surface area contributed by atoms with E-state index >= 15 is 0 Å². The zero-order valence-electron chi connectivity index (χ0n) is 13.1. The van der Waals surface area contributed by atoms with E-state index in [9.17, 15) is 0 Å². The number of phosphoric acid groups is 1. The van der Waals surface area contributed by atoms with Crippen LogP contribution in [0.15, 0.2) is 0 Å². The van der Waals surface area contributed by atoms with Crippen LogP contribution in [0.4, 0.5) is 0 Å².